The SMILES string of the molecule is CCc1nccn1-c1ccc([N+](=O)[O-])c(C=O)c1. The minimum atomic E-state index is -0.567. The lowest BCUT2D eigenvalue weighted by Gasteiger charge is -2.07. The van der Waals surface area contributed by atoms with Gasteiger partial charge in [0, 0.05) is 30.6 Å². The molecular weight excluding hydrogens is 234 g/mol. The maximum atomic E-state index is 10.9. The van der Waals surface area contributed by atoms with Gasteiger partial charge in [-0.15, -0.1) is 0 Å². The van der Waals surface area contributed by atoms with Crippen LogP contribution in [0.3, 0.4) is 0 Å². The van der Waals surface area contributed by atoms with Gasteiger partial charge in [-0.3, -0.25) is 14.9 Å². The van der Waals surface area contributed by atoms with E-state index in [2.05, 4.69) is 4.98 Å². The molecule has 6 heteroatoms. The van der Waals surface area contributed by atoms with Crippen molar-refractivity contribution in [1.82, 2.24) is 9.55 Å². The van der Waals surface area contributed by atoms with Crippen LogP contribution in [-0.2, 0) is 6.42 Å². The Labute approximate surface area is 103 Å². The second kappa shape index (κ2) is 4.79. The van der Waals surface area contributed by atoms with Crippen LogP contribution < -0.4 is 0 Å². The molecule has 6 nitrogen and oxygen atoms in total. The minimum Gasteiger partial charge on any atom is -0.304 e. The number of carbonyl (C=O) groups excluding carboxylic acids is 1. The number of aldehydes is 1. The first-order valence-electron chi connectivity index (χ1n) is 5.43. The maximum Gasteiger partial charge on any atom is 0.280 e. The molecule has 1 aromatic heterocycles. The number of hydrogen-bond donors (Lipinski definition) is 0. The van der Waals surface area contributed by atoms with Crippen LogP contribution >= 0.6 is 0 Å². The number of rotatable bonds is 4. The summed E-state index contributed by atoms with van der Waals surface area (Å²) in [6, 6.07) is 4.43. The molecule has 0 atom stereocenters. The summed E-state index contributed by atoms with van der Waals surface area (Å²) in [5, 5.41) is 10.7. The van der Waals surface area contributed by atoms with Gasteiger partial charge in [-0.2, -0.15) is 0 Å². The van der Waals surface area contributed by atoms with Gasteiger partial charge in [-0.25, -0.2) is 4.98 Å². The molecule has 2 aromatic rings. The highest BCUT2D eigenvalue weighted by Gasteiger charge is 2.14. The number of imidazole rings is 1. The van der Waals surface area contributed by atoms with Crippen LogP contribution in [0.15, 0.2) is 30.6 Å². The standard InChI is InChI=1S/C12H11N3O3/c1-2-12-13-5-6-14(12)10-3-4-11(15(17)18)9(7-10)8-16/h3-8H,2H2,1H3. The quantitative estimate of drug-likeness (QED) is 0.469. The molecule has 0 N–H and O–H groups in total. The molecule has 0 aliphatic carbocycles. The average molecular weight is 245 g/mol. The smallest absolute Gasteiger partial charge is 0.280 e. The van der Waals surface area contributed by atoms with Crippen LogP contribution in [0.2, 0.25) is 0 Å². The van der Waals surface area contributed by atoms with Crippen LogP contribution in [0.5, 0.6) is 0 Å². The number of nitrogens with zero attached hydrogens (tertiary/aromatic N) is 3. The molecular formula is C12H11N3O3. The van der Waals surface area contributed by atoms with Gasteiger partial charge in [-0.05, 0) is 12.1 Å². The van der Waals surface area contributed by atoms with Crippen LogP contribution in [0.25, 0.3) is 5.69 Å². The van der Waals surface area contributed by atoms with Gasteiger partial charge in [0.2, 0.25) is 0 Å². The van der Waals surface area contributed by atoms with Crippen LogP contribution in [0.1, 0.15) is 23.1 Å². The first-order chi connectivity index (χ1) is 8.67. The van der Waals surface area contributed by atoms with Gasteiger partial charge in [0.1, 0.15) is 5.82 Å². The number of hydrogen-bond acceptors (Lipinski definition) is 4. The van der Waals surface area contributed by atoms with E-state index in [-0.39, 0.29) is 11.3 Å². The first-order valence-corrected chi connectivity index (χ1v) is 5.43. The monoisotopic (exact) mass is 245 g/mol. The zero-order valence-corrected chi connectivity index (χ0v) is 9.74. The largest absolute Gasteiger partial charge is 0.304 e. The van der Waals surface area contributed by atoms with E-state index in [0.717, 1.165) is 12.2 Å². The predicted molar refractivity (Wildman–Crippen MR) is 65.0 cm³/mol. The predicted octanol–water partition coefficient (Wildman–Crippen LogP) is 2.16. The number of aromatic nitrogens is 2. The Bertz CT molecular complexity index is 604. The molecule has 0 radical (unpaired) electrons. The van der Waals surface area contributed by atoms with Crippen molar-refractivity contribution < 1.29 is 9.72 Å². The van der Waals surface area contributed by atoms with E-state index in [1.165, 1.54) is 12.1 Å². The number of aryl methyl sites for hydroxylation is 1. The highest BCUT2D eigenvalue weighted by molar-refractivity contribution is 5.82. The highest BCUT2D eigenvalue weighted by atomic mass is 16.6. The third-order valence-electron chi connectivity index (χ3n) is 2.65. The Balaban J connectivity index is 2.54. The van der Waals surface area contributed by atoms with Crippen molar-refractivity contribution in [2.45, 2.75) is 13.3 Å². The first kappa shape index (κ1) is 12.0. The lowest BCUT2D eigenvalue weighted by atomic mass is 10.1. The third-order valence-corrected chi connectivity index (χ3v) is 2.65. The van der Waals surface area contributed by atoms with Crippen molar-refractivity contribution in [3.05, 3.63) is 52.1 Å². The molecule has 92 valence electrons. The Hall–Kier alpha value is -2.50. The van der Waals surface area contributed by atoms with Crippen molar-refractivity contribution in [3.8, 4) is 5.69 Å². The summed E-state index contributed by atoms with van der Waals surface area (Å²) in [4.78, 5) is 25.2. The van der Waals surface area contributed by atoms with Gasteiger partial charge in [0.25, 0.3) is 5.69 Å². The Kier molecular flexibility index (Phi) is 3.18. The summed E-state index contributed by atoms with van der Waals surface area (Å²) in [5.41, 5.74) is 0.567. The Morgan fingerprint density at radius 3 is 2.89 bits per heavy atom. The van der Waals surface area contributed by atoms with Crippen LogP contribution in [0.4, 0.5) is 5.69 Å². The maximum absolute atomic E-state index is 10.9. The molecule has 0 saturated heterocycles. The molecule has 0 aliphatic rings. The Morgan fingerprint density at radius 2 is 2.28 bits per heavy atom. The van der Waals surface area contributed by atoms with Crippen molar-refractivity contribution in [1.29, 1.82) is 0 Å². The van der Waals surface area contributed by atoms with Gasteiger partial charge in [-0.1, -0.05) is 6.92 Å². The summed E-state index contributed by atoms with van der Waals surface area (Å²) in [5.74, 6) is 0.834. The molecule has 1 heterocycles. The molecule has 0 fully saturated rings. The number of nitro benzene ring substituents is 1. The number of nitro groups is 1. The summed E-state index contributed by atoms with van der Waals surface area (Å²) in [7, 11) is 0. The molecule has 2 rings (SSSR count). The van der Waals surface area contributed by atoms with Crippen molar-refractivity contribution in [2.75, 3.05) is 0 Å². The van der Waals surface area contributed by atoms with Gasteiger partial charge in [0.15, 0.2) is 6.29 Å². The second-order valence-corrected chi connectivity index (χ2v) is 3.69. The third kappa shape index (κ3) is 2.00. The molecule has 0 aliphatic heterocycles. The highest BCUT2D eigenvalue weighted by Crippen LogP contribution is 2.21. The van der Waals surface area contributed by atoms with E-state index < -0.39 is 4.92 Å². The van der Waals surface area contributed by atoms with E-state index in [4.69, 9.17) is 0 Å². The molecule has 0 saturated carbocycles. The van der Waals surface area contributed by atoms with E-state index in [0.29, 0.717) is 12.0 Å². The van der Waals surface area contributed by atoms with Gasteiger partial charge in [0.05, 0.1) is 10.5 Å². The lowest BCUT2D eigenvalue weighted by Crippen LogP contribution is -2.01. The summed E-state index contributed by atoms with van der Waals surface area (Å²) >= 11 is 0. The van der Waals surface area contributed by atoms with Crippen molar-refractivity contribution >= 4 is 12.0 Å². The van der Waals surface area contributed by atoms with Crippen LogP contribution in [0, 0.1) is 10.1 Å². The van der Waals surface area contributed by atoms with E-state index in [1.54, 1.807) is 23.0 Å². The fourth-order valence-corrected chi connectivity index (χ4v) is 1.78. The van der Waals surface area contributed by atoms with E-state index >= 15 is 0 Å². The molecule has 1 aromatic carbocycles. The molecule has 0 amide bonds. The summed E-state index contributed by atoms with van der Waals surface area (Å²) in [6.07, 6.45) is 4.64. The normalized spacial score (nSPS) is 10.3. The second-order valence-electron chi connectivity index (χ2n) is 3.69. The topological polar surface area (TPSA) is 78.0 Å². The van der Waals surface area contributed by atoms with Gasteiger partial charge < -0.3 is 4.57 Å². The number of benzene rings is 1. The molecule has 18 heavy (non-hydrogen) atoms. The van der Waals surface area contributed by atoms with Crippen molar-refractivity contribution in [2.24, 2.45) is 0 Å². The van der Waals surface area contributed by atoms with Gasteiger partial charge >= 0.3 is 0 Å². The van der Waals surface area contributed by atoms with E-state index in [1.807, 2.05) is 6.92 Å². The lowest BCUT2D eigenvalue weighted by molar-refractivity contribution is -0.385. The average Bonchev–Trinajstić information content (AvgIpc) is 2.86. The molecule has 0 spiro atoms. The summed E-state index contributed by atoms with van der Waals surface area (Å²) < 4.78 is 1.80. The van der Waals surface area contributed by atoms with Crippen LogP contribution in [-0.4, -0.2) is 20.8 Å². The molecule has 0 unspecified atom stereocenters. The van der Waals surface area contributed by atoms with E-state index in [9.17, 15) is 14.9 Å². The summed E-state index contributed by atoms with van der Waals surface area (Å²) in [6.45, 7) is 1.96. The molecule has 0 bridgehead atoms. The number of carbonyl (C=O) groups is 1. The minimum absolute atomic E-state index is 0.0632. The fourth-order valence-electron chi connectivity index (χ4n) is 1.78. The zero-order chi connectivity index (χ0) is 13.1. The fraction of sp³-hybridized carbons (Fsp3) is 0.167. The van der Waals surface area contributed by atoms with Crippen molar-refractivity contribution in [3.63, 3.8) is 0 Å². The zero-order valence-electron chi connectivity index (χ0n) is 9.74. The Morgan fingerprint density at radius 1 is 1.50 bits per heavy atom.